The number of thioether (sulfide) groups is 1. The first-order chi connectivity index (χ1) is 9.43. The van der Waals surface area contributed by atoms with Crippen LogP contribution in [0.3, 0.4) is 0 Å². The average molecular weight is 309 g/mol. The maximum absolute atomic E-state index is 12.0. The molecule has 0 bridgehead atoms. The van der Waals surface area contributed by atoms with Crippen LogP contribution in [0.1, 0.15) is 12.5 Å². The summed E-state index contributed by atoms with van der Waals surface area (Å²) in [6.45, 7) is 2.28. The number of hydrogen-bond donors (Lipinski definition) is 0. The largest absolute Gasteiger partial charge is 0.868 e. The van der Waals surface area contributed by atoms with E-state index in [2.05, 4.69) is 0 Å². The minimum absolute atomic E-state index is 0.226. The second-order valence-electron chi connectivity index (χ2n) is 3.91. The molecule has 0 aromatic heterocycles. The van der Waals surface area contributed by atoms with Crippen molar-refractivity contribution in [1.82, 2.24) is 4.90 Å². The van der Waals surface area contributed by atoms with E-state index in [4.69, 9.17) is 12.2 Å². The van der Waals surface area contributed by atoms with Gasteiger partial charge in [-0.05, 0) is 24.3 Å². The van der Waals surface area contributed by atoms with Crippen LogP contribution in [-0.2, 0) is 4.79 Å². The molecule has 1 aliphatic rings. The number of nitrogens with zero attached hydrogens (tertiary/aromatic N) is 2. The van der Waals surface area contributed by atoms with Gasteiger partial charge in [-0.25, -0.2) is 0 Å². The van der Waals surface area contributed by atoms with Crippen LogP contribution >= 0.6 is 24.0 Å². The van der Waals surface area contributed by atoms with Gasteiger partial charge in [0.1, 0.15) is 4.32 Å². The van der Waals surface area contributed by atoms with E-state index < -0.39 is 16.4 Å². The van der Waals surface area contributed by atoms with E-state index in [0.29, 0.717) is 21.3 Å². The molecule has 1 aromatic carbocycles. The monoisotopic (exact) mass is 309 g/mol. The number of hydrogen-bond acceptors (Lipinski definition) is 6. The number of rotatable bonds is 3. The maximum Gasteiger partial charge on any atom is 0.266 e. The second-order valence-corrected chi connectivity index (χ2v) is 5.59. The van der Waals surface area contributed by atoms with Crippen molar-refractivity contribution in [1.29, 1.82) is 0 Å². The van der Waals surface area contributed by atoms with Gasteiger partial charge in [-0.15, -0.1) is 0 Å². The summed E-state index contributed by atoms with van der Waals surface area (Å²) < 4.78 is 0.457. The van der Waals surface area contributed by atoms with Crippen LogP contribution in [0, 0.1) is 10.1 Å². The summed E-state index contributed by atoms with van der Waals surface area (Å²) in [6.07, 6.45) is 1.50. The summed E-state index contributed by atoms with van der Waals surface area (Å²) in [5, 5.41) is 22.0. The molecule has 1 fully saturated rings. The normalized spacial score (nSPS) is 17.1. The third kappa shape index (κ3) is 2.66. The molecule has 6 nitrogen and oxygen atoms in total. The first-order valence-electron chi connectivity index (χ1n) is 5.65. The molecule has 0 N–H and O–H groups in total. The van der Waals surface area contributed by atoms with Crippen molar-refractivity contribution in [3.8, 4) is 5.75 Å². The van der Waals surface area contributed by atoms with Gasteiger partial charge in [-0.2, -0.15) is 0 Å². The van der Waals surface area contributed by atoms with Gasteiger partial charge in [0.05, 0.1) is 9.83 Å². The Balaban J connectivity index is 2.37. The van der Waals surface area contributed by atoms with E-state index in [1.54, 1.807) is 0 Å². The van der Waals surface area contributed by atoms with Crippen molar-refractivity contribution in [2.75, 3.05) is 6.54 Å². The Kier molecular flexibility index (Phi) is 4.05. The van der Waals surface area contributed by atoms with Gasteiger partial charge in [-0.3, -0.25) is 19.8 Å². The SMILES string of the molecule is CCN1C(=O)/C(=C\c2ccc([O-])c([N+](=O)[O-])c2)SC1=S. The lowest BCUT2D eigenvalue weighted by molar-refractivity contribution is -0.398. The fourth-order valence-electron chi connectivity index (χ4n) is 1.69. The number of amides is 1. The standard InChI is InChI=1S/C12H10N2O4S2/c1-2-13-11(16)10(20-12(13)19)6-7-3-4-9(15)8(5-7)14(17)18/h3-6,15H,2H2,1H3/p-1/b10-6+. The summed E-state index contributed by atoms with van der Waals surface area (Å²) in [5.41, 5.74) is -0.0855. The first kappa shape index (κ1) is 14.5. The molecule has 0 atom stereocenters. The van der Waals surface area contributed by atoms with Crippen molar-refractivity contribution < 1.29 is 14.8 Å². The molecule has 0 unspecified atom stereocenters. The summed E-state index contributed by atoms with van der Waals surface area (Å²) in [4.78, 5) is 23.8. The molecular formula is C12H9N2O4S2-. The minimum atomic E-state index is -0.739. The lowest BCUT2D eigenvalue weighted by Gasteiger charge is -2.09. The maximum atomic E-state index is 12.0. The Morgan fingerprint density at radius 1 is 1.50 bits per heavy atom. The van der Waals surface area contributed by atoms with Crippen LogP contribution in [0.25, 0.3) is 6.08 Å². The number of nitro benzene ring substituents is 1. The third-order valence-corrected chi connectivity index (χ3v) is 4.05. The quantitative estimate of drug-likeness (QED) is 0.367. The van der Waals surface area contributed by atoms with Crippen molar-refractivity contribution in [3.63, 3.8) is 0 Å². The topological polar surface area (TPSA) is 86.5 Å². The van der Waals surface area contributed by atoms with Gasteiger partial charge in [0, 0.05) is 12.6 Å². The van der Waals surface area contributed by atoms with Gasteiger partial charge >= 0.3 is 0 Å². The van der Waals surface area contributed by atoms with E-state index in [1.165, 1.54) is 17.0 Å². The van der Waals surface area contributed by atoms with Crippen molar-refractivity contribution in [2.24, 2.45) is 0 Å². The highest BCUT2D eigenvalue weighted by atomic mass is 32.2. The number of thiocarbonyl (C=S) groups is 1. The van der Waals surface area contributed by atoms with Crippen molar-refractivity contribution in [2.45, 2.75) is 6.92 Å². The van der Waals surface area contributed by atoms with Gasteiger partial charge in [0.25, 0.3) is 11.6 Å². The zero-order valence-corrected chi connectivity index (χ0v) is 12.0. The number of carbonyl (C=O) groups is 1. The van der Waals surface area contributed by atoms with Gasteiger partial charge in [-0.1, -0.05) is 36.1 Å². The Morgan fingerprint density at radius 3 is 2.75 bits per heavy atom. The Bertz CT molecular complexity index is 642. The summed E-state index contributed by atoms with van der Waals surface area (Å²) in [6, 6.07) is 3.71. The predicted octanol–water partition coefficient (Wildman–Crippen LogP) is 1.89. The van der Waals surface area contributed by atoms with Crippen LogP contribution in [0.2, 0.25) is 0 Å². The Morgan fingerprint density at radius 2 is 2.20 bits per heavy atom. The lowest BCUT2D eigenvalue weighted by atomic mass is 10.1. The zero-order valence-electron chi connectivity index (χ0n) is 10.4. The fourth-order valence-corrected chi connectivity index (χ4v) is 3.08. The highest BCUT2D eigenvalue weighted by molar-refractivity contribution is 8.26. The van der Waals surface area contributed by atoms with E-state index in [0.717, 1.165) is 23.9 Å². The van der Waals surface area contributed by atoms with Crippen LogP contribution in [0.5, 0.6) is 5.75 Å². The highest BCUT2D eigenvalue weighted by Gasteiger charge is 2.30. The minimum Gasteiger partial charge on any atom is -0.868 e. The number of nitro groups is 1. The lowest BCUT2D eigenvalue weighted by Crippen LogP contribution is -2.27. The van der Waals surface area contributed by atoms with E-state index >= 15 is 0 Å². The van der Waals surface area contributed by atoms with E-state index in [1.807, 2.05) is 6.92 Å². The van der Waals surface area contributed by atoms with Gasteiger partial charge in [0.2, 0.25) is 0 Å². The zero-order chi connectivity index (χ0) is 14.9. The Labute approximate surface area is 124 Å². The summed E-state index contributed by atoms with van der Waals surface area (Å²) >= 11 is 6.21. The highest BCUT2D eigenvalue weighted by Crippen LogP contribution is 2.33. The molecule has 0 spiro atoms. The molecule has 8 heteroatoms. The van der Waals surface area contributed by atoms with Crippen molar-refractivity contribution >= 4 is 46.0 Å². The van der Waals surface area contributed by atoms with Crippen LogP contribution in [0.15, 0.2) is 23.1 Å². The molecule has 1 saturated heterocycles. The molecular weight excluding hydrogens is 300 g/mol. The van der Waals surface area contributed by atoms with Gasteiger partial charge < -0.3 is 5.11 Å². The molecule has 2 rings (SSSR count). The van der Waals surface area contributed by atoms with Gasteiger partial charge in [0.15, 0.2) is 0 Å². The number of benzene rings is 1. The average Bonchev–Trinajstić information content (AvgIpc) is 2.66. The summed E-state index contributed by atoms with van der Waals surface area (Å²) in [5.74, 6) is -0.885. The van der Waals surface area contributed by atoms with Crippen LogP contribution < -0.4 is 5.11 Å². The van der Waals surface area contributed by atoms with Crippen LogP contribution in [-0.4, -0.2) is 26.6 Å². The molecule has 0 saturated carbocycles. The smallest absolute Gasteiger partial charge is 0.266 e. The number of carbonyl (C=O) groups excluding carboxylic acids is 1. The molecule has 20 heavy (non-hydrogen) atoms. The molecule has 1 aliphatic heterocycles. The summed E-state index contributed by atoms with van der Waals surface area (Å²) in [7, 11) is 0. The van der Waals surface area contributed by atoms with E-state index in [-0.39, 0.29) is 5.91 Å². The fraction of sp³-hybridized carbons (Fsp3) is 0.167. The first-order valence-corrected chi connectivity index (χ1v) is 6.87. The second kappa shape index (κ2) is 5.59. The molecule has 1 amide bonds. The predicted molar refractivity (Wildman–Crippen MR) is 78.1 cm³/mol. The molecule has 0 radical (unpaired) electrons. The van der Waals surface area contributed by atoms with Crippen LogP contribution in [0.4, 0.5) is 5.69 Å². The molecule has 104 valence electrons. The molecule has 1 aromatic rings. The van der Waals surface area contributed by atoms with Crippen molar-refractivity contribution in [3.05, 3.63) is 38.8 Å². The molecule has 1 heterocycles. The van der Waals surface area contributed by atoms with E-state index in [9.17, 15) is 20.0 Å². The number of likely N-dealkylation sites (N-methyl/N-ethyl adjacent to an activating group) is 1. The molecule has 0 aliphatic carbocycles. The third-order valence-electron chi connectivity index (χ3n) is 2.67. The Hall–Kier alpha value is -1.93.